The zero-order valence-electron chi connectivity index (χ0n) is 17.5. The van der Waals surface area contributed by atoms with Gasteiger partial charge >= 0.3 is 0 Å². The Morgan fingerprint density at radius 3 is 2.40 bits per heavy atom. The van der Waals surface area contributed by atoms with E-state index in [-0.39, 0.29) is 11.3 Å². The monoisotopic (exact) mass is 438 g/mol. The molecule has 0 N–H and O–H groups in total. The van der Waals surface area contributed by atoms with Crippen LogP contribution < -0.4 is 4.90 Å². The van der Waals surface area contributed by atoms with Crippen molar-refractivity contribution >= 4 is 39.8 Å². The van der Waals surface area contributed by atoms with Gasteiger partial charge in [0.25, 0.3) is 0 Å². The van der Waals surface area contributed by atoms with Gasteiger partial charge in [0.2, 0.25) is 11.0 Å². The number of amides is 1. The van der Waals surface area contributed by atoms with E-state index >= 15 is 0 Å². The largest absolute Gasteiger partial charge is 0.343 e. The molecule has 0 atom stereocenters. The zero-order valence-corrected chi connectivity index (χ0v) is 19.2. The number of carbonyl (C=O) groups is 1. The van der Waals surface area contributed by atoms with E-state index in [2.05, 4.69) is 66.2 Å². The number of rotatable bonds is 4. The first-order chi connectivity index (χ1) is 14.4. The number of nitrogens with zero attached hydrogens (tertiary/aromatic N) is 4. The van der Waals surface area contributed by atoms with Crippen molar-refractivity contribution in [2.75, 3.05) is 31.1 Å². The maximum absolute atomic E-state index is 12.6. The lowest BCUT2D eigenvalue weighted by atomic mass is 9.87. The molecule has 3 heterocycles. The minimum absolute atomic E-state index is 0.0612. The first kappa shape index (κ1) is 20.8. The van der Waals surface area contributed by atoms with Crippen molar-refractivity contribution in [1.82, 2.24) is 15.1 Å². The van der Waals surface area contributed by atoms with E-state index < -0.39 is 0 Å². The minimum atomic E-state index is 0.0612. The molecule has 7 heteroatoms. The number of anilines is 1. The topological polar surface area (TPSA) is 49.3 Å². The molecular formula is C23H26N4OS2. The molecule has 0 aliphatic carbocycles. The maximum atomic E-state index is 12.6. The SMILES string of the molecule is CC(C)(C)c1ccc(/C=C/C(=O)N2CCN(c3nnc(-c4cccs4)s3)CC2)cc1. The van der Waals surface area contributed by atoms with E-state index in [0.717, 1.165) is 33.7 Å². The lowest BCUT2D eigenvalue weighted by Gasteiger charge is -2.33. The van der Waals surface area contributed by atoms with Gasteiger partial charge in [-0.2, -0.15) is 0 Å². The summed E-state index contributed by atoms with van der Waals surface area (Å²) in [5, 5.41) is 12.6. The molecule has 0 radical (unpaired) electrons. The summed E-state index contributed by atoms with van der Waals surface area (Å²) in [6.45, 7) is 9.54. The number of piperazine rings is 1. The Balaban J connectivity index is 1.31. The number of aromatic nitrogens is 2. The van der Waals surface area contributed by atoms with E-state index in [1.165, 1.54) is 5.56 Å². The molecule has 3 aromatic rings. The Hall–Kier alpha value is -2.51. The van der Waals surface area contributed by atoms with Crippen molar-refractivity contribution in [3.05, 3.63) is 59.0 Å². The number of hydrogen-bond acceptors (Lipinski definition) is 6. The zero-order chi connectivity index (χ0) is 21.1. The van der Waals surface area contributed by atoms with Gasteiger partial charge < -0.3 is 9.80 Å². The Morgan fingerprint density at radius 1 is 1.03 bits per heavy atom. The third-order valence-electron chi connectivity index (χ3n) is 5.20. The molecule has 0 unspecified atom stereocenters. The molecule has 1 aliphatic rings. The van der Waals surface area contributed by atoms with Crippen LogP contribution >= 0.6 is 22.7 Å². The number of thiophene rings is 1. The smallest absolute Gasteiger partial charge is 0.246 e. The van der Waals surface area contributed by atoms with Crippen molar-refractivity contribution in [3.8, 4) is 9.88 Å². The van der Waals surface area contributed by atoms with Crippen LogP contribution in [0.25, 0.3) is 16.0 Å². The second kappa shape index (κ2) is 8.70. The van der Waals surface area contributed by atoms with Crippen LogP contribution in [0.15, 0.2) is 47.9 Å². The van der Waals surface area contributed by atoms with Crippen LogP contribution in [0.1, 0.15) is 31.9 Å². The van der Waals surface area contributed by atoms with E-state index in [1.54, 1.807) is 28.7 Å². The van der Waals surface area contributed by atoms with Crippen molar-refractivity contribution in [3.63, 3.8) is 0 Å². The summed E-state index contributed by atoms with van der Waals surface area (Å²) in [5.41, 5.74) is 2.47. The summed E-state index contributed by atoms with van der Waals surface area (Å²) < 4.78 is 0. The van der Waals surface area contributed by atoms with Gasteiger partial charge in [-0.1, -0.05) is 62.4 Å². The van der Waals surface area contributed by atoms with E-state index in [1.807, 2.05) is 22.4 Å². The average Bonchev–Trinajstić information content (AvgIpc) is 3.43. The lowest BCUT2D eigenvalue weighted by molar-refractivity contribution is -0.126. The predicted octanol–water partition coefficient (Wildman–Crippen LogP) is 4.93. The minimum Gasteiger partial charge on any atom is -0.343 e. The molecule has 5 nitrogen and oxygen atoms in total. The van der Waals surface area contributed by atoms with Gasteiger partial charge in [0.05, 0.1) is 4.88 Å². The van der Waals surface area contributed by atoms with Crippen molar-refractivity contribution < 1.29 is 4.79 Å². The highest BCUT2D eigenvalue weighted by Gasteiger charge is 2.22. The Bertz CT molecular complexity index is 1010. The normalized spacial score (nSPS) is 15.2. The molecule has 1 fully saturated rings. The van der Waals surface area contributed by atoms with Crippen LogP contribution in [0.5, 0.6) is 0 Å². The molecule has 1 saturated heterocycles. The van der Waals surface area contributed by atoms with Gasteiger partial charge in [-0.05, 0) is 34.1 Å². The second-order valence-corrected chi connectivity index (χ2v) is 10.3. The highest BCUT2D eigenvalue weighted by molar-refractivity contribution is 7.22. The molecular weight excluding hydrogens is 412 g/mol. The lowest BCUT2D eigenvalue weighted by Crippen LogP contribution is -2.48. The average molecular weight is 439 g/mol. The van der Waals surface area contributed by atoms with Crippen molar-refractivity contribution in [2.45, 2.75) is 26.2 Å². The first-order valence-corrected chi connectivity index (χ1v) is 11.8. The predicted molar refractivity (Wildman–Crippen MR) is 126 cm³/mol. The van der Waals surface area contributed by atoms with E-state index in [4.69, 9.17) is 0 Å². The molecule has 4 rings (SSSR count). The van der Waals surface area contributed by atoms with E-state index in [0.29, 0.717) is 13.1 Å². The molecule has 0 saturated carbocycles. The molecule has 156 valence electrons. The first-order valence-electron chi connectivity index (χ1n) is 10.1. The fourth-order valence-electron chi connectivity index (χ4n) is 3.33. The highest BCUT2D eigenvalue weighted by Crippen LogP contribution is 2.31. The van der Waals surface area contributed by atoms with Crippen molar-refractivity contribution in [1.29, 1.82) is 0 Å². The summed E-state index contributed by atoms with van der Waals surface area (Å²) in [5.74, 6) is 0.0612. The summed E-state index contributed by atoms with van der Waals surface area (Å²) in [6, 6.07) is 12.5. The third-order valence-corrected chi connectivity index (χ3v) is 7.23. The summed E-state index contributed by atoms with van der Waals surface area (Å²) >= 11 is 3.29. The van der Waals surface area contributed by atoms with Gasteiger partial charge in [0.15, 0.2) is 5.01 Å². The summed E-state index contributed by atoms with van der Waals surface area (Å²) in [4.78, 5) is 17.9. The summed E-state index contributed by atoms with van der Waals surface area (Å²) in [6.07, 6.45) is 3.58. The third kappa shape index (κ3) is 4.79. The molecule has 1 aliphatic heterocycles. The van der Waals surface area contributed by atoms with Crippen LogP contribution in [0, 0.1) is 0 Å². The van der Waals surface area contributed by atoms with Gasteiger partial charge in [0.1, 0.15) is 0 Å². The van der Waals surface area contributed by atoms with Crippen LogP contribution in [0.3, 0.4) is 0 Å². The van der Waals surface area contributed by atoms with Crippen LogP contribution in [-0.2, 0) is 10.2 Å². The Labute approximate surface area is 185 Å². The highest BCUT2D eigenvalue weighted by atomic mass is 32.1. The summed E-state index contributed by atoms with van der Waals surface area (Å²) in [7, 11) is 0. The Morgan fingerprint density at radius 2 is 1.77 bits per heavy atom. The standard InChI is InChI=1S/C23H26N4OS2/c1-23(2,3)18-9-6-17(7-10-18)8-11-20(28)26-12-14-27(15-13-26)22-25-24-21(30-22)19-5-4-16-29-19/h4-11,16H,12-15H2,1-3H3/b11-8+. The van der Waals surface area contributed by atoms with Gasteiger partial charge in [0, 0.05) is 32.3 Å². The van der Waals surface area contributed by atoms with Crippen molar-refractivity contribution in [2.24, 2.45) is 0 Å². The number of benzene rings is 1. The van der Waals surface area contributed by atoms with Gasteiger partial charge in [-0.15, -0.1) is 21.5 Å². The Kier molecular flexibility index (Phi) is 6.01. The second-order valence-electron chi connectivity index (χ2n) is 8.38. The number of hydrogen-bond donors (Lipinski definition) is 0. The van der Waals surface area contributed by atoms with Crippen LogP contribution in [-0.4, -0.2) is 47.2 Å². The fraction of sp³-hybridized carbons (Fsp3) is 0.348. The molecule has 30 heavy (non-hydrogen) atoms. The van der Waals surface area contributed by atoms with Crippen LogP contribution in [0.4, 0.5) is 5.13 Å². The molecule has 0 spiro atoms. The molecule has 1 amide bonds. The van der Waals surface area contributed by atoms with Crippen LogP contribution in [0.2, 0.25) is 0 Å². The van der Waals surface area contributed by atoms with Gasteiger partial charge in [-0.25, -0.2) is 0 Å². The fourth-order valence-corrected chi connectivity index (χ4v) is 5.02. The molecule has 0 bridgehead atoms. The molecule has 2 aromatic heterocycles. The van der Waals surface area contributed by atoms with Gasteiger partial charge in [-0.3, -0.25) is 4.79 Å². The molecule has 1 aromatic carbocycles. The number of carbonyl (C=O) groups excluding carboxylic acids is 1. The quantitative estimate of drug-likeness (QED) is 0.542. The van der Waals surface area contributed by atoms with E-state index in [9.17, 15) is 4.79 Å². The maximum Gasteiger partial charge on any atom is 0.246 e.